The standard InChI is InChI=1S/C19H15N3O2S2/c1-13(23)22(15-7-3-2-4-8-15)18-20-14(11-25-18)12-26-19-21-16-9-5-6-10-17(16)24-19/h2-11H,12H2,1H3. The molecular weight excluding hydrogens is 366 g/mol. The number of benzene rings is 2. The van der Waals surface area contributed by atoms with E-state index in [1.807, 2.05) is 60.0 Å². The second-order valence-corrected chi connectivity index (χ2v) is 7.31. The molecular formula is C19H15N3O2S2. The van der Waals surface area contributed by atoms with Gasteiger partial charge < -0.3 is 4.42 Å². The highest BCUT2D eigenvalue weighted by atomic mass is 32.2. The maximum atomic E-state index is 12.1. The number of carbonyl (C=O) groups excluding carboxylic acids is 1. The lowest BCUT2D eigenvalue weighted by Crippen LogP contribution is -2.22. The largest absolute Gasteiger partial charge is 0.431 e. The zero-order valence-electron chi connectivity index (χ0n) is 14.0. The maximum Gasteiger partial charge on any atom is 0.257 e. The van der Waals surface area contributed by atoms with Gasteiger partial charge in [0.1, 0.15) is 5.52 Å². The van der Waals surface area contributed by atoms with Crippen molar-refractivity contribution in [1.29, 1.82) is 0 Å². The summed E-state index contributed by atoms with van der Waals surface area (Å²) >= 11 is 2.94. The molecule has 0 unspecified atom stereocenters. The molecule has 2 aromatic heterocycles. The van der Waals surface area contributed by atoms with Crippen LogP contribution in [0.15, 0.2) is 69.6 Å². The van der Waals surface area contributed by atoms with Gasteiger partial charge in [0.15, 0.2) is 10.7 Å². The highest BCUT2D eigenvalue weighted by molar-refractivity contribution is 7.98. The average Bonchev–Trinajstić information content (AvgIpc) is 3.27. The molecule has 2 aromatic carbocycles. The number of para-hydroxylation sites is 3. The third-order valence-corrected chi connectivity index (χ3v) is 5.41. The van der Waals surface area contributed by atoms with E-state index in [2.05, 4.69) is 9.97 Å². The Hall–Kier alpha value is -2.64. The fourth-order valence-corrected chi connectivity index (χ4v) is 4.24. The van der Waals surface area contributed by atoms with E-state index in [1.54, 1.807) is 11.8 Å². The molecule has 0 atom stereocenters. The van der Waals surface area contributed by atoms with Gasteiger partial charge in [-0.3, -0.25) is 9.69 Å². The molecule has 0 spiro atoms. The number of anilines is 2. The van der Waals surface area contributed by atoms with Crippen LogP contribution >= 0.6 is 23.1 Å². The molecule has 0 saturated heterocycles. The lowest BCUT2D eigenvalue weighted by Gasteiger charge is -2.17. The normalized spacial score (nSPS) is 11.0. The molecule has 4 rings (SSSR count). The monoisotopic (exact) mass is 381 g/mol. The van der Waals surface area contributed by atoms with Crippen molar-refractivity contribution in [3.05, 3.63) is 65.7 Å². The number of thiazole rings is 1. The van der Waals surface area contributed by atoms with Crippen molar-refractivity contribution in [2.24, 2.45) is 0 Å². The van der Waals surface area contributed by atoms with Crippen molar-refractivity contribution in [2.75, 3.05) is 4.90 Å². The predicted octanol–water partition coefficient (Wildman–Crippen LogP) is 5.26. The van der Waals surface area contributed by atoms with Crippen molar-refractivity contribution in [1.82, 2.24) is 9.97 Å². The Morgan fingerprint density at radius 1 is 1.12 bits per heavy atom. The topological polar surface area (TPSA) is 59.2 Å². The van der Waals surface area contributed by atoms with Gasteiger partial charge in [-0.2, -0.15) is 0 Å². The third-order valence-electron chi connectivity index (χ3n) is 3.68. The molecule has 0 bridgehead atoms. The summed E-state index contributed by atoms with van der Waals surface area (Å²) in [6.45, 7) is 1.54. The number of oxazole rings is 1. The minimum Gasteiger partial charge on any atom is -0.431 e. The van der Waals surface area contributed by atoms with Gasteiger partial charge in [-0.1, -0.05) is 42.1 Å². The first-order chi connectivity index (χ1) is 12.7. The van der Waals surface area contributed by atoms with E-state index in [0.29, 0.717) is 16.1 Å². The van der Waals surface area contributed by atoms with Crippen LogP contribution in [-0.2, 0) is 10.5 Å². The molecule has 0 aliphatic heterocycles. The Kier molecular flexibility index (Phi) is 4.73. The number of hydrogen-bond acceptors (Lipinski definition) is 6. The van der Waals surface area contributed by atoms with Crippen molar-refractivity contribution < 1.29 is 9.21 Å². The van der Waals surface area contributed by atoms with Crippen LogP contribution in [0.2, 0.25) is 0 Å². The second kappa shape index (κ2) is 7.31. The number of fused-ring (bicyclic) bond motifs is 1. The first kappa shape index (κ1) is 16.8. The first-order valence-corrected chi connectivity index (χ1v) is 9.86. The summed E-state index contributed by atoms with van der Waals surface area (Å²) in [5.41, 5.74) is 3.33. The van der Waals surface area contributed by atoms with Gasteiger partial charge >= 0.3 is 0 Å². The smallest absolute Gasteiger partial charge is 0.257 e. The zero-order valence-corrected chi connectivity index (χ0v) is 15.6. The van der Waals surface area contributed by atoms with Gasteiger partial charge in [0.25, 0.3) is 5.22 Å². The zero-order chi connectivity index (χ0) is 17.9. The number of nitrogens with zero attached hydrogens (tertiary/aromatic N) is 3. The third kappa shape index (κ3) is 3.49. The van der Waals surface area contributed by atoms with Gasteiger partial charge in [0, 0.05) is 18.1 Å². The first-order valence-electron chi connectivity index (χ1n) is 7.99. The Morgan fingerprint density at radius 3 is 2.65 bits per heavy atom. The highest BCUT2D eigenvalue weighted by Crippen LogP contribution is 2.31. The Morgan fingerprint density at radius 2 is 1.88 bits per heavy atom. The van der Waals surface area contributed by atoms with Crippen molar-refractivity contribution >= 4 is 50.9 Å². The van der Waals surface area contributed by atoms with Crippen molar-refractivity contribution in [3.63, 3.8) is 0 Å². The van der Waals surface area contributed by atoms with E-state index < -0.39 is 0 Å². The molecule has 5 nitrogen and oxygen atoms in total. The highest BCUT2D eigenvalue weighted by Gasteiger charge is 2.18. The van der Waals surface area contributed by atoms with Crippen molar-refractivity contribution in [3.8, 4) is 0 Å². The van der Waals surface area contributed by atoms with E-state index in [1.165, 1.54) is 23.1 Å². The van der Waals surface area contributed by atoms with Crippen LogP contribution in [0, 0.1) is 0 Å². The van der Waals surface area contributed by atoms with Crippen LogP contribution in [0.5, 0.6) is 0 Å². The van der Waals surface area contributed by atoms with E-state index >= 15 is 0 Å². The number of hydrogen-bond donors (Lipinski definition) is 0. The Balaban J connectivity index is 1.51. The van der Waals surface area contributed by atoms with Crippen LogP contribution in [0.3, 0.4) is 0 Å². The molecule has 1 amide bonds. The number of thioether (sulfide) groups is 1. The lowest BCUT2D eigenvalue weighted by atomic mass is 10.3. The number of amides is 1. The summed E-state index contributed by atoms with van der Waals surface area (Å²) in [6, 6.07) is 17.2. The SMILES string of the molecule is CC(=O)N(c1ccccc1)c1nc(CSc2nc3ccccc3o2)cs1. The minimum atomic E-state index is -0.0660. The van der Waals surface area contributed by atoms with E-state index in [4.69, 9.17) is 4.42 Å². The molecule has 0 fully saturated rings. The van der Waals surface area contributed by atoms with Gasteiger partial charge in [-0.05, 0) is 24.3 Å². The van der Waals surface area contributed by atoms with Crippen LogP contribution in [0.25, 0.3) is 11.1 Å². The second-order valence-electron chi connectivity index (χ2n) is 5.55. The molecule has 130 valence electrons. The molecule has 0 radical (unpaired) electrons. The van der Waals surface area contributed by atoms with E-state index in [-0.39, 0.29) is 5.91 Å². The number of carbonyl (C=O) groups is 1. The van der Waals surface area contributed by atoms with Crippen LogP contribution in [0.1, 0.15) is 12.6 Å². The predicted molar refractivity (Wildman–Crippen MR) is 105 cm³/mol. The summed E-state index contributed by atoms with van der Waals surface area (Å²) in [6.07, 6.45) is 0. The fourth-order valence-electron chi connectivity index (χ4n) is 2.52. The number of rotatable bonds is 5. The van der Waals surface area contributed by atoms with Gasteiger partial charge in [-0.25, -0.2) is 9.97 Å². The van der Waals surface area contributed by atoms with Gasteiger partial charge in [0.2, 0.25) is 5.91 Å². The molecule has 2 heterocycles. The summed E-state index contributed by atoms with van der Waals surface area (Å²) in [7, 11) is 0. The Labute approximate surface area is 158 Å². The van der Waals surface area contributed by atoms with Crippen LogP contribution < -0.4 is 4.90 Å². The molecule has 0 aliphatic carbocycles. The molecule has 26 heavy (non-hydrogen) atoms. The van der Waals surface area contributed by atoms with Crippen LogP contribution in [0.4, 0.5) is 10.8 Å². The molecule has 7 heteroatoms. The van der Waals surface area contributed by atoms with Crippen LogP contribution in [-0.4, -0.2) is 15.9 Å². The molecule has 0 saturated carbocycles. The molecule has 0 aliphatic rings. The minimum absolute atomic E-state index is 0.0660. The quantitative estimate of drug-likeness (QED) is 0.441. The maximum absolute atomic E-state index is 12.1. The lowest BCUT2D eigenvalue weighted by molar-refractivity contribution is -0.115. The number of aromatic nitrogens is 2. The van der Waals surface area contributed by atoms with Gasteiger partial charge in [-0.15, -0.1) is 11.3 Å². The summed E-state index contributed by atoms with van der Waals surface area (Å²) in [5.74, 6) is 0.563. The average molecular weight is 381 g/mol. The summed E-state index contributed by atoms with van der Waals surface area (Å²) in [5, 5.41) is 3.24. The fraction of sp³-hybridized carbons (Fsp3) is 0.105. The molecule has 4 aromatic rings. The Bertz CT molecular complexity index is 1010. The molecule has 0 N–H and O–H groups in total. The summed E-state index contributed by atoms with van der Waals surface area (Å²) in [4.78, 5) is 22.8. The van der Waals surface area contributed by atoms with E-state index in [9.17, 15) is 4.79 Å². The summed E-state index contributed by atoms with van der Waals surface area (Å²) < 4.78 is 5.71. The van der Waals surface area contributed by atoms with Crippen molar-refractivity contribution in [2.45, 2.75) is 17.9 Å². The van der Waals surface area contributed by atoms with E-state index in [0.717, 1.165) is 22.5 Å². The van der Waals surface area contributed by atoms with Gasteiger partial charge in [0.05, 0.1) is 11.4 Å².